The van der Waals surface area contributed by atoms with Crippen LogP contribution in [-0.2, 0) is 0 Å². The Hall–Kier alpha value is -3.28. The van der Waals surface area contributed by atoms with Gasteiger partial charge in [0.15, 0.2) is 0 Å². The van der Waals surface area contributed by atoms with Gasteiger partial charge < -0.3 is 10.6 Å². The number of ketones is 1. The van der Waals surface area contributed by atoms with Gasteiger partial charge in [0.05, 0.1) is 5.56 Å². The average molecular weight is 373 g/mol. The standard InChI is InChI=1S/C22H23N5O/c23-22-18(13-17(15-25-22)16-7-6-10-24-14-16)21(28)19-8-5-9-20(26-19)27-11-3-1-2-4-12-27/h5-10,13-15H,1-4,11-12H2,(H2,23,25). The minimum Gasteiger partial charge on any atom is -0.383 e. The maximum absolute atomic E-state index is 13.1. The van der Waals surface area contributed by atoms with E-state index in [1.807, 2.05) is 24.3 Å². The summed E-state index contributed by atoms with van der Waals surface area (Å²) in [4.78, 5) is 28.4. The number of carbonyl (C=O) groups excluding carboxylic acids is 1. The van der Waals surface area contributed by atoms with Crippen LogP contribution >= 0.6 is 0 Å². The van der Waals surface area contributed by atoms with Gasteiger partial charge in [0, 0.05) is 42.8 Å². The van der Waals surface area contributed by atoms with Crippen LogP contribution in [0.25, 0.3) is 11.1 Å². The molecule has 28 heavy (non-hydrogen) atoms. The zero-order chi connectivity index (χ0) is 19.3. The van der Waals surface area contributed by atoms with Crippen molar-refractivity contribution in [2.75, 3.05) is 23.7 Å². The van der Waals surface area contributed by atoms with E-state index >= 15 is 0 Å². The Morgan fingerprint density at radius 1 is 0.964 bits per heavy atom. The Morgan fingerprint density at radius 2 is 1.79 bits per heavy atom. The van der Waals surface area contributed by atoms with E-state index in [1.165, 1.54) is 12.8 Å². The molecule has 6 nitrogen and oxygen atoms in total. The van der Waals surface area contributed by atoms with Gasteiger partial charge >= 0.3 is 0 Å². The fourth-order valence-electron chi connectivity index (χ4n) is 3.51. The van der Waals surface area contributed by atoms with Crippen molar-refractivity contribution < 1.29 is 4.79 Å². The van der Waals surface area contributed by atoms with Gasteiger partial charge in [0.25, 0.3) is 0 Å². The van der Waals surface area contributed by atoms with Crippen molar-refractivity contribution in [1.29, 1.82) is 0 Å². The summed E-state index contributed by atoms with van der Waals surface area (Å²) in [6.07, 6.45) is 9.91. The molecule has 0 amide bonds. The maximum atomic E-state index is 13.1. The second-order valence-corrected chi connectivity index (χ2v) is 7.01. The lowest BCUT2D eigenvalue weighted by molar-refractivity contribution is 0.103. The van der Waals surface area contributed by atoms with Crippen molar-refractivity contribution in [2.24, 2.45) is 0 Å². The molecule has 0 unspecified atom stereocenters. The summed E-state index contributed by atoms with van der Waals surface area (Å²) in [5, 5.41) is 0. The lowest BCUT2D eigenvalue weighted by Gasteiger charge is -2.21. The van der Waals surface area contributed by atoms with E-state index in [2.05, 4.69) is 19.9 Å². The van der Waals surface area contributed by atoms with Crippen LogP contribution in [0.4, 0.5) is 11.6 Å². The lowest BCUT2D eigenvalue weighted by Crippen LogP contribution is -2.25. The Kier molecular flexibility index (Phi) is 5.28. The summed E-state index contributed by atoms with van der Waals surface area (Å²) < 4.78 is 0. The van der Waals surface area contributed by atoms with Gasteiger partial charge in [-0.05, 0) is 37.1 Å². The molecule has 0 aromatic carbocycles. The van der Waals surface area contributed by atoms with Crippen molar-refractivity contribution in [3.05, 3.63) is 66.2 Å². The summed E-state index contributed by atoms with van der Waals surface area (Å²) in [7, 11) is 0. The first-order valence-corrected chi connectivity index (χ1v) is 9.65. The number of nitrogens with zero attached hydrogens (tertiary/aromatic N) is 4. The minimum absolute atomic E-state index is 0.208. The number of nitrogens with two attached hydrogens (primary N) is 1. The fraction of sp³-hybridized carbons (Fsp3) is 0.273. The van der Waals surface area contributed by atoms with Crippen molar-refractivity contribution >= 4 is 17.4 Å². The van der Waals surface area contributed by atoms with E-state index in [9.17, 15) is 4.79 Å². The predicted octanol–water partition coefficient (Wildman–Crippen LogP) is 3.73. The largest absolute Gasteiger partial charge is 0.383 e. The van der Waals surface area contributed by atoms with Crippen LogP contribution in [0.2, 0.25) is 0 Å². The third-order valence-corrected chi connectivity index (χ3v) is 5.06. The first-order valence-electron chi connectivity index (χ1n) is 9.65. The molecule has 0 radical (unpaired) electrons. The highest BCUT2D eigenvalue weighted by atomic mass is 16.1. The molecular formula is C22H23N5O. The molecule has 1 fully saturated rings. The van der Waals surface area contributed by atoms with Crippen molar-refractivity contribution in [1.82, 2.24) is 15.0 Å². The topological polar surface area (TPSA) is 85.0 Å². The SMILES string of the molecule is Nc1ncc(-c2cccnc2)cc1C(=O)c1cccc(N2CCCCCC2)n1. The summed E-state index contributed by atoms with van der Waals surface area (Å²) in [6, 6.07) is 11.1. The van der Waals surface area contributed by atoms with Gasteiger partial charge in [0.2, 0.25) is 5.78 Å². The second-order valence-electron chi connectivity index (χ2n) is 7.01. The molecule has 3 aromatic heterocycles. The monoisotopic (exact) mass is 373 g/mol. The molecule has 4 rings (SSSR count). The van der Waals surface area contributed by atoms with Crippen LogP contribution in [-0.4, -0.2) is 33.8 Å². The second kappa shape index (κ2) is 8.17. The fourth-order valence-corrected chi connectivity index (χ4v) is 3.51. The number of hydrogen-bond donors (Lipinski definition) is 1. The summed E-state index contributed by atoms with van der Waals surface area (Å²) >= 11 is 0. The summed E-state index contributed by atoms with van der Waals surface area (Å²) in [5.41, 5.74) is 8.46. The number of nitrogen functional groups attached to an aromatic ring is 1. The highest BCUT2D eigenvalue weighted by Gasteiger charge is 2.18. The first-order chi connectivity index (χ1) is 13.7. The van der Waals surface area contributed by atoms with Crippen LogP contribution in [0.3, 0.4) is 0 Å². The van der Waals surface area contributed by atoms with Crippen molar-refractivity contribution in [3.8, 4) is 11.1 Å². The number of pyridine rings is 3. The molecule has 0 atom stereocenters. The maximum Gasteiger partial charge on any atom is 0.215 e. The van der Waals surface area contributed by atoms with E-state index in [0.29, 0.717) is 11.3 Å². The number of rotatable bonds is 4. The normalized spacial score (nSPS) is 14.5. The van der Waals surface area contributed by atoms with E-state index in [1.54, 1.807) is 30.7 Å². The molecule has 2 N–H and O–H groups in total. The Bertz CT molecular complexity index is 966. The number of carbonyl (C=O) groups is 1. The van der Waals surface area contributed by atoms with Gasteiger partial charge in [-0.2, -0.15) is 0 Å². The minimum atomic E-state index is -0.215. The molecule has 4 heterocycles. The van der Waals surface area contributed by atoms with Crippen LogP contribution in [0.15, 0.2) is 55.0 Å². The molecule has 142 valence electrons. The molecular weight excluding hydrogens is 350 g/mol. The van der Waals surface area contributed by atoms with Gasteiger partial charge in [-0.3, -0.25) is 9.78 Å². The number of hydrogen-bond acceptors (Lipinski definition) is 6. The third-order valence-electron chi connectivity index (χ3n) is 5.06. The zero-order valence-electron chi connectivity index (χ0n) is 15.7. The molecule has 0 aliphatic carbocycles. The Morgan fingerprint density at radius 3 is 2.54 bits per heavy atom. The molecule has 6 heteroatoms. The van der Waals surface area contributed by atoms with Crippen molar-refractivity contribution in [2.45, 2.75) is 25.7 Å². The van der Waals surface area contributed by atoms with Crippen LogP contribution < -0.4 is 10.6 Å². The van der Waals surface area contributed by atoms with Gasteiger partial charge in [-0.25, -0.2) is 9.97 Å². The molecule has 1 aliphatic rings. The van der Waals surface area contributed by atoms with Crippen LogP contribution in [0.1, 0.15) is 41.7 Å². The van der Waals surface area contributed by atoms with Gasteiger partial charge in [-0.15, -0.1) is 0 Å². The summed E-state index contributed by atoms with van der Waals surface area (Å²) in [5.74, 6) is 0.842. The lowest BCUT2D eigenvalue weighted by atomic mass is 10.0. The average Bonchev–Trinajstić information content (AvgIpc) is 3.04. The van der Waals surface area contributed by atoms with E-state index < -0.39 is 0 Å². The van der Waals surface area contributed by atoms with Crippen LogP contribution in [0, 0.1) is 0 Å². The first kappa shape index (κ1) is 18.1. The molecule has 0 saturated carbocycles. The molecule has 3 aromatic rings. The van der Waals surface area contributed by atoms with E-state index in [4.69, 9.17) is 5.73 Å². The van der Waals surface area contributed by atoms with Crippen molar-refractivity contribution in [3.63, 3.8) is 0 Å². The molecule has 0 spiro atoms. The Labute approximate surface area is 164 Å². The number of aromatic nitrogens is 3. The molecule has 1 aliphatic heterocycles. The van der Waals surface area contributed by atoms with Crippen LogP contribution in [0.5, 0.6) is 0 Å². The molecule has 0 bridgehead atoms. The Balaban J connectivity index is 1.65. The molecule has 1 saturated heterocycles. The van der Waals surface area contributed by atoms with Gasteiger partial charge in [-0.1, -0.05) is 25.0 Å². The van der Waals surface area contributed by atoms with E-state index in [-0.39, 0.29) is 11.6 Å². The van der Waals surface area contributed by atoms with Gasteiger partial charge in [0.1, 0.15) is 17.3 Å². The highest BCUT2D eigenvalue weighted by molar-refractivity contribution is 6.11. The predicted molar refractivity (Wildman–Crippen MR) is 110 cm³/mol. The quantitative estimate of drug-likeness (QED) is 0.702. The van der Waals surface area contributed by atoms with E-state index in [0.717, 1.165) is 42.9 Å². The smallest absolute Gasteiger partial charge is 0.215 e. The zero-order valence-corrected chi connectivity index (χ0v) is 15.7. The highest BCUT2D eigenvalue weighted by Crippen LogP contribution is 2.24. The number of anilines is 2. The summed E-state index contributed by atoms with van der Waals surface area (Å²) in [6.45, 7) is 1.95. The third kappa shape index (κ3) is 3.86.